The van der Waals surface area contributed by atoms with Gasteiger partial charge in [-0.2, -0.15) is 0 Å². The topological polar surface area (TPSA) is 29.1 Å². The van der Waals surface area contributed by atoms with E-state index in [-0.39, 0.29) is 10.7 Å². The van der Waals surface area contributed by atoms with E-state index in [4.69, 9.17) is 0 Å². The van der Waals surface area contributed by atoms with Crippen molar-refractivity contribution < 1.29 is 4.79 Å². The lowest BCUT2D eigenvalue weighted by molar-refractivity contribution is -0.115. The third-order valence-electron chi connectivity index (χ3n) is 1.74. The Labute approximate surface area is 100 Å². The summed E-state index contributed by atoms with van der Waals surface area (Å²) in [5, 5.41) is 2.82. The molecule has 0 saturated carbocycles. The van der Waals surface area contributed by atoms with Gasteiger partial charge >= 0.3 is 0 Å². The Hall–Kier alpha value is -0.350. The maximum Gasteiger partial charge on any atom is 0.238 e. The lowest BCUT2D eigenvalue weighted by atomic mass is 10.3. The van der Waals surface area contributed by atoms with E-state index in [0.717, 1.165) is 16.6 Å². The molecule has 0 saturated heterocycles. The van der Waals surface area contributed by atoms with Gasteiger partial charge in [0.2, 0.25) is 5.91 Å². The summed E-state index contributed by atoms with van der Waals surface area (Å²) in [4.78, 5) is 11.4. The molecule has 76 valence electrons. The molecule has 0 fully saturated rings. The van der Waals surface area contributed by atoms with Crippen LogP contribution in [0.3, 0.4) is 0 Å². The van der Waals surface area contributed by atoms with Gasteiger partial charge in [-0.1, -0.05) is 44.8 Å². The van der Waals surface area contributed by atoms with E-state index in [2.05, 4.69) is 37.2 Å². The van der Waals surface area contributed by atoms with Crippen molar-refractivity contribution in [1.29, 1.82) is 0 Å². The van der Waals surface area contributed by atoms with E-state index in [1.807, 2.05) is 31.2 Å². The SMILES string of the molecule is CCC(Br)C(=O)Nc1cccc(Br)c1. The highest BCUT2D eigenvalue weighted by Crippen LogP contribution is 2.17. The molecule has 4 heteroatoms. The van der Waals surface area contributed by atoms with Crippen LogP contribution in [0.1, 0.15) is 13.3 Å². The fraction of sp³-hybridized carbons (Fsp3) is 0.300. The average Bonchev–Trinajstić information content (AvgIpc) is 2.16. The molecule has 0 aliphatic rings. The van der Waals surface area contributed by atoms with Crippen LogP contribution < -0.4 is 5.32 Å². The zero-order chi connectivity index (χ0) is 10.6. The maximum absolute atomic E-state index is 11.5. The second-order valence-corrected chi connectivity index (χ2v) is 4.90. The molecule has 1 amide bonds. The van der Waals surface area contributed by atoms with Crippen molar-refractivity contribution in [2.75, 3.05) is 5.32 Å². The number of carbonyl (C=O) groups excluding carboxylic acids is 1. The Morgan fingerprint density at radius 1 is 1.57 bits per heavy atom. The van der Waals surface area contributed by atoms with E-state index in [1.165, 1.54) is 0 Å². The van der Waals surface area contributed by atoms with Gasteiger partial charge < -0.3 is 5.32 Å². The molecule has 2 nitrogen and oxygen atoms in total. The van der Waals surface area contributed by atoms with E-state index >= 15 is 0 Å². The number of halogens is 2. The van der Waals surface area contributed by atoms with Crippen molar-refractivity contribution in [3.63, 3.8) is 0 Å². The first kappa shape index (κ1) is 11.7. The highest BCUT2D eigenvalue weighted by Gasteiger charge is 2.11. The molecule has 1 atom stereocenters. The minimum absolute atomic E-state index is 0.00870. The Kier molecular flexibility index (Phi) is 4.62. The van der Waals surface area contributed by atoms with Crippen LogP contribution in [-0.4, -0.2) is 10.7 Å². The molecule has 1 N–H and O–H groups in total. The molecule has 0 radical (unpaired) electrons. The molecule has 0 bridgehead atoms. The molecule has 1 aromatic rings. The predicted molar refractivity (Wildman–Crippen MR) is 65.8 cm³/mol. The monoisotopic (exact) mass is 319 g/mol. The molecule has 14 heavy (non-hydrogen) atoms. The molecular weight excluding hydrogens is 310 g/mol. The zero-order valence-corrected chi connectivity index (χ0v) is 10.9. The number of rotatable bonds is 3. The third-order valence-corrected chi connectivity index (χ3v) is 3.29. The largest absolute Gasteiger partial charge is 0.325 e. The minimum Gasteiger partial charge on any atom is -0.325 e. The maximum atomic E-state index is 11.5. The van der Waals surface area contributed by atoms with Gasteiger partial charge in [-0.15, -0.1) is 0 Å². The van der Waals surface area contributed by atoms with E-state index < -0.39 is 0 Å². The summed E-state index contributed by atoms with van der Waals surface area (Å²) in [6.07, 6.45) is 0.778. The number of anilines is 1. The van der Waals surface area contributed by atoms with Crippen molar-refractivity contribution in [1.82, 2.24) is 0 Å². The van der Waals surface area contributed by atoms with Crippen molar-refractivity contribution in [2.24, 2.45) is 0 Å². The highest BCUT2D eigenvalue weighted by atomic mass is 79.9. The minimum atomic E-state index is -0.124. The average molecular weight is 321 g/mol. The van der Waals surface area contributed by atoms with E-state index in [9.17, 15) is 4.79 Å². The van der Waals surface area contributed by atoms with Crippen LogP contribution in [0, 0.1) is 0 Å². The zero-order valence-electron chi connectivity index (χ0n) is 7.76. The lowest BCUT2D eigenvalue weighted by Gasteiger charge is -2.08. The van der Waals surface area contributed by atoms with Crippen LogP contribution in [0.25, 0.3) is 0 Å². The molecule has 0 heterocycles. The number of carbonyl (C=O) groups is 1. The number of benzene rings is 1. The molecule has 0 aromatic heterocycles. The van der Waals surface area contributed by atoms with Crippen LogP contribution in [-0.2, 0) is 4.79 Å². The molecular formula is C10H11Br2NO. The number of hydrogen-bond donors (Lipinski definition) is 1. The standard InChI is InChI=1S/C10H11Br2NO/c1-2-9(12)10(14)13-8-5-3-4-7(11)6-8/h3-6,9H,2H2,1H3,(H,13,14). The van der Waals surface area contributed by atoms with Gasteiger partial charge in [0.25, 0.3) is 0 Å². The summed E-state index contributed by atoms with van der Waals surface area (Å²) in [7, 11) is 0. The van der Waals surface area contributed by atoms with Crippen LogP contribution in [0.4, 0.5) is 5.69 Å². The van der Waals surface area contributed by atoms with Crippen LogP contribution >= 0.6 is 31.9 Å². The highest BCUT2D eigenvalue weighted by molar-refractivity contribution is 9.10. The van der Waals surface area contributed by atoms with Gasteiger partial charge in [0, 0.05) is 10.2 Å². The molecule has 1 rings (SSSR count). The normalized spacial score (nSPS) is 12.2. The van der Waals surface area contributed by atoms with Gasteiger partial charge in [0.05, 0.1) is 4.83 Å². The van der Waals surface area contributed by atoms with Gasteiger partial charge in [-0.3, -0.25) is 4.79 Å². The van der Waals surface area contributed by atoms with E-state index in [1.54, 1.807) is 0 Å². The first-order valence-electron chi connectivity index (χ1n) is 4.34. The van der Waals surface area contributed by atoms with Crippen molar-refractivity contribution in [3.8, 4) is 0 Å². The summed E-state index contributed by atoms with van der Waals surface area (Å²) in [6, 6.07) is 7.53. The Balaban J connectivity index is 2.65. The third kappa shape index (κ3) is 3.42. The van der Waals surface area contributed by atoms with Gasteiger partial charge in [-0.05, 0) is 24.6 Å². The summed E-state index contributed by atoms with van der Waals surface area (Å²) < 4.78 is 0.956. The lowest BCUT2D eigenvalue weighted by Crippen LogP contribution is -2.21. The number of alkyl halides is 1. The second-order valence-electron chi connectivity index (χ2n) is 2.88. The second kappa shape index (κ2) is 5.51. The fourth-order valence-corrected chi connectivity index (χ4v) is 1.49. The smallest absolute Gasteiger partial charge is 0.238 e. The molecule has 1 unspecified atom stereocenters. The van der Waals surface area contributed by atoms with Gasteiger partial charge in [0.15, 0.2) is 0 Å². The van der Waals surface area contributed by atoms with Crippen LogP contribution in [0.5, 0.6) is 0 Å². The van der Waals surface area contributed by atoms with Crippen molar-refractivity contribution in [3.05, 3.63) is 28.7 Å². The molecule has 1 aromatic carbocycles. The first-order valence-corrected chi connectivity index (χ1v) is 6.05. The predicted octanol–water partition coefficient (Wildman–Crippen LogP) is 3.56. The summed E-state index contributed by atoms with van der Waals surface area (Å²) in [6.45, 7) is 1.96. The fourth-order valence-electron chi connectivity index (χ4n) is 0.972. The van der Waals surface area contributed by atoms with Gasteiger partial charge in [0.1, 0.15) is 0 Å². The summed E-state index contributed by atoms with van der Waals surface area (Å²) >= 11 is 6.64. The number of nitrogens with one attached hydrogen (secondary N) is 1. The van der Waals surface area contributed by atoms with Crippen molar-refractivity contribution in [2.45, 2.75) is 18.2 Å². The number of hydrogen-bond acceptors (Lipinski definition) is 1. The van der Waals surface area contributed by atoms with Crippen LogP contribution in [0.15, 0.2) is 28.7 Å². The quantitative estimate of drug-likeness (QED) is 0.848. The van der Waals surface area contributed by atoms with Crippen LogP contribution in [0.2, 0.25) is 0 Å². The molecule has 0 spiro atoms. The van der Waals surface area contributed by atoms with Crippen molar-refractivity contribution >= 4 is 43.5 Å². The first-order chi connectivity index (χ1) is 6.63. The Morgan fingerprint density at radius 3 is 2.86 bits per heavy atom. The molecule has 0 aliphatic carbocycles. The Morgan fingerprint density at radius 2 is 2.29 bits per heavy atom. The van der Waals surface area contributed by atoms with Gasteiger partial charge in [-0.25, -0.2) is 0 Å². The number of amides is 1. The Bertz CT molecular complexity index is 328. The van der Waals surface area contributed by atoms with E-state index in [0.29, 0.717) is 0 Å². The molecule has 0 aliphatic heterocycles. The summed E-state index contributed by atoms with van der Waals surface area (Å²) in [5.74, 6) is -0.00870. The summed E-state index contributed by atoms with van der Waals surface area (Å²) in [5.41, 5.74) is 0.808.